The number of carbonyl (C=O) groups excluding carboxylic acids is 2. The molecule has 6 nitrogen and oxygen atoms in total. The molecule has 2 fully saturated rings. The number of hydrogen-bond acceptors (Lipinski definition) is 5. The normalized spacial score (nSPS) is 19.0. The molecule has 32 heavy (non-hydrogen) atoms. The summed E-state index contributed by atoms with van der Waals surface area (Å²) in [5.41, 5.74) is 0.909. The number of hydrogen-bond donors (Lipinski definition) is 1. The van der Waals surface area contributed by atoms with Gasteiger partial charge in [-0.25, -0.2) is 9.59 Å². The first kappa shape index (κ1) is 24.6. The molecule has 0 unspecified atom stereocenters. The average molecular weight is 445 g/mol. The largest absolute Gasteiger partial charge is 0.445 e. The first-order chi connectivity index (χ1) is 15.5. The summed E-state index contributed by atoms with van der Waals surface area (Å²) in [6.45, 7) is 4.25. The van der Waals surface area contributed by atoms with Crippen LogP contribution in [0, 0.1) is 5.92 Å². The summed E-state index contributed by atoms with van der Waals surface area (Å²) in [5.74, 6) is -0.133. The van der Waals surface area contributed by atoms with Crippen molar-refractivity contribution in [2.24, 2.45) is 5.92 Å². The Hall–Kier alpha value is -2.08. The molecule has 0 saturated heterocycles. The summed E-state index contributed by atoms with van der Waals surface area (Å²) in [6, 6.07) is 9.40. The third-order valence-electron chi connectivity index (χ3n) is 6.56. The van der Waals surface area contributed by atoms with E-state index in [1.54, 1.807) is 0 Å². The van der Waals surface area contributed by atoms with Gasteiger partial charge in [0.15, 0.2) is 0 Å². The molecule has 6 heteroatoms. The molecule has 2 aliphatic carbocycles. The quantitative estimate of drug-likeness (QED) is 0.491. The fourth-order valence-electron chi connectivity index (χ4n) is 4.88. The monoisotopic (exact) mass is 444 g/mol. The standard InChI is InChI=1S/C26H40N2O4/c1-20(2)18-24(27-26(30)31-19-21-12-6-3-7-13-21)25(29)32-28(22-14-8-4-9-15-22)23-16-10-5-11-17-23/h3,6-7,12-13,20,22-24H,4-5,8-11,14-19H2,1-2H3,(H,27,30)/t24-/m1/s1. The van der Waals surface area contributed by atoms with Crippen molar-refractivity contribution in [3.8, 4) is 0 Å². The fraction of sp³-hybridized carbons (Fsp3) is 0.692. The van der Waals surface area contributed by atoms with Gasteiger partial charge < -0.3 is 14.9 Å². The lowest BCUT2D eigenvalue weighted by molar-refractivity contribution is -0.225. The number of nitrogens with one attached hydrogen (secondary N) is 1. The molecule has 1 atom stereocenters. The maximum Gasteiger partial charge on any atom is 0.408 e. The van der Waals surface area contributed by atoms with Crippen LogP contribution in [-0.4, -0.2) is 35.3 Å². The minimum absolute atomic E-state index is 0.173. The van der Waals surface area contributed by atoms with E-state index in [0.717, 1.165) is 31.2 Å². The Labute approximate surface area is 193 Å². The van der Waals surface area contributed by atoms with Crippen molar-refractivity contribution in [2.45, 2.75) is 109 Å². The molecule has 3 rings (SSSR count). The maximum atomic E-state index is 13.3. The van der Waals surface area contributed by atoms with E-state index < -0.39 is 12.1 Å². The molecule has 178 valence electrons. The number of carbonyl (C=O) groups is 2. The summed E-state index contributed by atoms with van der Waals surface area (Å²) in [4.78, 5) is 31.8. The average Bonchev–Trinajstić information content (AvgIpc) is 2.82. The third-order valence-corrected chi connectivity index (χ3v) is 6.56. The van der Waals surface area contributed by atoms with Crippen molar-refractivity contribution >= 4 is 12.1 Å². The Morgan fingerprint density at radius 2 is 1.50 bits per heavy atom. The Morgan fingerprint density at radius 1 is 0.938 bits per heavy atom. The van der Waals surface area contributed by atoms with Crippen LogP contribution in [0.2, 0.25) is 0 Å². The Kier molecular flexibility index (Phi) is 9.85. The minimum Gasteiger partial charge on any atom is -0.445 e. The predicted molar refractivity (Wildman–Crippen MR) is 125 cm³/mol. The van der Waals surface area contributed by atoms with Crippen LogP contribution in [0.4, 0.5) is 4.79 Å². The highest BCUT2D eigenvalue weighted by Gasteiger charge is 2.34. The van der Waals surface area contributed by atoms with Crippen molar-refractivity contribution in [3.63, 3.8) is 0 Å². The van der Waals surface area contributed by atoms with E-state index in [-0.39, 0.29) is 18.5 Å². The van der Waals surface area contributed by atoms with E-state index in [1.165, 1.54) is 38.5 Å². The fourth-order valence-corrected chi connectivity index (χ4v) is 4.88. The number of hydroxylamine groups is 2. The zero-order chi connectivity index (χ0) is 22.8. The lowest BCUT2D eigenvalue weighted by Crippen LogP contribution is -2.50. The van der Waals surface area contributed by atoms with Crippen LogP contribution in [-0.2, 0) is 21.0 Å². The molecule has 1 aromatic rings. The molecule has 0 radical (unpaired) electrons. The number of alkyl carbamates (subject to hydrolysis) is 1. The summed E-state index contributed by atoms with van der Waals surface area (Å²) in [5, 5.41) is 4.79. The third kappa shape index (κ3) is 7.80. The van der Waals surface area contributed by atoms with Crippen LogP contribution in [0.3, 0.4) is 0 Å². The zero-order valence-corrected chi connectivity index (χ0v) is 19.8. The Morgan fingerprint density at radius 3 is 2.03 bits per heavy atom. The van der Waals surface area contributed by atoms with Crippen LogP contribution in [0.15, 0.2) is 30.3 Å². The van der Waals surface area contributed by atoms with Crippen molar-refractivity contribution in [2.75, 3.05) is 0 Å². The highest BCUT2D eigenvalue weighted by atomic mass is 16.7. The molecular formula is C26H40N2O4. The van der Waals surface area contributed by atoms with Crippen molar-refractivity contribution in [3.05, 3.63) is 35.9 Å². The van der Waals surface area contributed by atoms with E-state index in [9.17, 15) is 9.59 Å². The van der Waals surface area contributed by atoms with Crippen LogP contribution >= 0.6 is 0 Å². The lowest BCUT2D eigenvalue weighted by atomic mass is 9.90. The molecule has 0 heterocycles. The van der Waals surface area contributed by atoms with Gasteiger partial charge in [-0.3, -0.25) is 0 Å². The molecule has 0 aliphatic heterocycles. The van der Waals surface area contributed by atoms with Gasteiger partial charge in [0.1, 0.15) is 12.6 Å². The number of nitrogens with zero attached hydrogens (tertiary/aromatic N) is 1. The number of benzene rings is 1. The topological polar surface area (TPSA) is 67.9 Å². The molecule has 1 amide bonds. The Balaban J connectivity index is 1.62. The summed E-state index contributed by atoms with van der Waals surface area (Å²) >= 11 is 0. The highest BCUT2D eigenvalue weighted by molar-refractivity contribution is 5.81. The van der Waals surface area contributed by atoms with Crippen molar-refractivity contribution in [1.29, 1.82) is 0 Å². The molecule has 0 spiro atoms. The highest BCUT2D eigenvalue weighted by Crippen LogP contribution is 2.30. The maximum absolute atomic E-state index is 13.3. The van der Waals surface area contributed by atoms with Gasteiger partial charge in [0.2, 0.25) is 0 Å². The first-order valence-electron chi connectivity index (χ1n) is 12.5. The van der Waals surface area contributed by atoms with Gasteiger partial charge in [-0.2, -0.15) is 0 Å². The van der Waals surface area contributed by atoms with E-state index in [1.807, 2.05) is 49.2 Å². The molecule has 1 N–H and O–H groups in total. The first-order valence-corrected chi connectivity index (χ1v) is 12.5. The summed E-state index contributed by atoms with van der Waals surface area (Å²) in [7, 11) is 0. The van der Waals surface area contributed by atoms with Crippen LogP contribution in [0.5, 0.6) is 0 Å². The SMILES string of the molecule is CC(C)C[C@@H](NC(=O)OCc1ccccc1)C(=O)ON(C1CCCCC1)C1CCCCC1. The van der Waals surface area contributed by atoms with E-state index >= 15 is 0 Å². The molecule has 2 saturated carbocycles. The van der Waals surface area contributed by atoms with Crippen LogP contribution in [0.25, 0.3) is 0 Å². The van der Waals surface area contributed by atoms with Crippen molar-refractivity contribution < 1.29 is 19.2 Å². The second-order valence-corrected chi connectivity index (χ2v) is 9.74. The number of amides is 1. The van der Waals surface area contributed by atoms with E-state index in [2.05, 4.69) is 5.32 Å². The van der Waals surface area contributed by atoms with Crippen LogP contribution < -0.4 is 5.32 Å². The molecular weight excluding hydrogens is 404 g/mol. The van der Waals surface area contributed by atoms with E-state index in [4.69, 9.17) is 9.57 Å². The van der Waals surface area contributed by atoms with Gasteiger partial charge in [-0.15, -0.1) is 5.06 Å². The van der Waals surface area contributed by atoms with Gasteiger partial charge in [-0.1, -0.05) is 82.7 Å². The zero-order valence-electron chi connectivity index (χ0n) is 19.8. The Bertz CT molecular complexity index is 679. The van der Waals surface area contributed by atoms with Gasteiger partial charge in [0, 0.05) is 12.1 Å². The molecule has 1 aromatic carbocycles. The van der Waals surface area contributed by atoms with Gasteiger partial charge in [0.25, 0.3) is 0 Å². The van der Waals surface area contributed by atoms with Gasteiger partial charge in [0.05, 0.1) is 0 Å². The summed E-state index contributed by atoms with van der Waals surface area (Å²) < 4.78 is 5.36. The lowest BCUT2D eigenvalue weighted by Gasteiger charge is -2.40. The van der Waals surface area contributed by atoms with Crippen molar-refractivity contribution in [1.82, 2.24) is 10.4 Å². The van der Waals surface area contributed by atoms with Crippen LogP contribution in [0.1, 0.15) is 90.0 Å². The van der Waals surface area contributed by atoms with Gasteiger partial charge in [-0.05, 0) is 43.6 Å². The molecule has 0 bridgehead atoms. The minimum atomic E-state index is -0.715. The second-order valence-electron chi connectivity index (χ2n) is 9.74. The molecule has 2 aliphatic rings. The predicted octanol–water partition coefficient (Wildman–Crippen LogP) is 5.75. The summed E-state index contributed by atoms with van der Waals surface area (Å²) in [6.07, 6.45) is 11.5. The smallest absolute Gasteiger partial charge is 0.408 e. The molecule has 0 aromatic heterocycles. The van der Waals surface area contributed by atoms with Gasteiger partial charge >= 0.3 is 12.1 Å². The van der Waals surface area contributed by atoms with E-state index in [0.29, 0.717) is 18.5 Å². The second kappa shape index (κ2) is 12.8. The number of rotatable bonds is 9. The number of ether oxygens (including phenoxy) is 1.